The third-order valence-corrected chi connectivity index (χ3v) is 2.47. The Morgan fingerprint density at radius 2 is 2.07 bits per heavy atom. The van der Waals surface area contributed by atoms with Gasteiger partial charge in [-0.05, 0) is 30.5 Å². The molecule has 0 bridgehead atoms. The number of hydrogen-bond donors (Lipinski definition) is 3. The first kappa shape index (κ1) is 11.5. The molecule has 1 atom stereocenters. The average molecular weight is 209 g/mol. The van der Waals surface area contributed by atoms with Crippen molar-refractivity contribution in [2.24, 2.45) is 5.73 Å². The maximum atomic E-state index is 10.5. The molecule has 1 rings (SSSR count). The molecule has 0 aliphatic carbocycles. The minimum absolute atomic E-state index is 0.136. The number of phenols is 1. The van der Waals surface area contributed by atoms with E-state index in [9.17, 15) is 9.90 Å². The Kier molecular flexibility index (Phi) is 3.31. The molecule has 1 unspecified atom stereocenters. The van der Waals surface area contributed by atoms with E-state index >= 15 is 0 Å². The maximum absolute atomic E-state index is 10.5. The summed E-state index contributed by atoms with van der Waals surface area (Å²) in [5, 5.41) is 18.3. The normalized spacial score (nSPS) is 12.5. The van der Waals surface area contributed by atoms with E-state index in [0.29, 0.717) is 11.1 Å². The number of rotatable bonds is 3. The Labute approximate surface area is 88.3 Å². The van der Waals surface area contributed by atoms with E-state index < -0.39 is 12.0 Å². The van der Waals surface area contributed by atoms with Crippen LogP contribution >= 0.6 is 0 Å². The summed E-state index contributed by atoms with van der Waals surface area (Å²) < 4.78 is 0. The van der Waals surface area contributed by atoms with E-state index in [1.165, 1.54) is 0 Å². The first-order valence-corrected chi connectivity index (χ1v) is 4.70. The summed E-state index contributed by atoms with van der Waals surface area (Å²) in [6.45, 7) is 3.52. The molecule has 4 N–H and O–H groups in total. The Bertz CT molecular complexity index is 388. The smallest absolute Gasteiger partial charge is 0.305 e. The molecule has 0 aromatic heterocycles. The largest absolute Gasteiger partial charge is 0.507 e. The summed E-state index contributed by atoms with van der Waals surface area (Å²) in [5.41, 5.74) is 7.82. The van der Waals surface area contributed by atoms with Crippen molar-refractivity contribution in [3.8, 4) is 5.75 Å². The molecule has 0 amide bonds. The van der Waals surface area contributed by atoms with Gasteiger partial charge in [-0.2, -0.15) is 0 Å². The lowest BCUT2D eigenvalue weighted by Crippen LogP contribution is -2.16. The van der Waals surface area contributed by atoms with E-state index in [0.717, 1.165) is 5.56 Å². The lowest BCUT2D eigenvalue weighted by atomic mass is 9.97. The first-order valence-electron chi connectivity index (χ1n) is 4.70. The molecule has 0 radical (unpaired) electrons. The molecule has 0 aliphatic heterocycles. The number of hydrogen-bond acceptors (Lipinski definition) is 3. The monoisotopic (exact) mass is 209 g/mol. The van der Waals surface area contributed by atoms with Gasteiger partial charge in [-0.25, -0.2) is 0 Å². The molecule has 0 saturated heterocycles. The molecule has 0 spiro atoms. The Hall–Kier alpha value is -1.55. The van der Waals surface area contributed by atoms with Crippen LogP contribution in [-0.2, 0) is 4.79 Å². The number of nitrogens with two attached hydrogens (primary N) is 1. The van der Waals surface area contributed by atoms with E-state index in [1.807, 2.05) is 0 Å². The number of benzene rings is 1. The lowest BCUT2D eigenvalue weighted by molar-refractivity contribution is -0.137. The van der Waals surface area contributed by atoms with Crippen LogP contribution in [0, 0.1) is 13.8 Å². The van der Waals surface area contributed by atoms with Crippen LogP contribution in [0.5, 0.6) is 5.75 Å². The Morgan fingerprint density at radius 3 is 2.60 bits per heavy atom. The first-order chi connectivity index (χ1) is 6.93. The van der Waals surface area contributed by atoms with E-state index in [-0.39, 0.29) is 12.2 Å². The van der Waals surface area contributed by atoms with Crippen LogP contribution in [-0.4, -0.2) is 16.2 Å². The molecule has 15 heavy (non-hydrogen) atoms. The van der Waals surface area contributed by atoms with Gasteiger partial charge in [0.2, 0.25) is 0 Å². The Balaban J connectivity index is 3.05. The fourth-order valence-electron chi connectivity index (χ4n) is 1.55. The standard InChI is InChI=1S/C11H15NO3/c1-6-3-4-8(7(2)11(6)15)9(12)5-10(13)14/h3-4,9,15H,5,12H2,1-2H3,(H,13,14). The summed E-state index contributed by atoms with van der Waals surface area (Å²) in [6, 6.07) is 2.92. The molecule has 0 aliphatic rings. The molecule has 82 valence electrons. The number of aryl methyl sites for hydroxylation is 1. The van der Waals surface area contributed by atoms with E-state index in [4.69, 9.17) is 10.8 Å². The van der Waals surface area contributed by atoms with Gasteiger partial charge in [0.15, 0.2) is 0 Å². The highest BCUT2D eigenvalue weighted by Gasteiger charge is 2.15. The third kappa shape index (κ3) is 2.47. The van der Waals surface area contributed by atoms with Crippen LogP contribution < -0.4 is 5.73 Å². The number of aliphatic carboxylic acids is 1. The second kappa shape index (κ2) is 4.31. The van der Waals surface area contributed by atoms with Crippen molar-refractivity contribution in [2.45, 2.75) is 26.3 Å². The number of carboxylic acids is 1. The zero-order valence-corrected chi connectivity index (χ0v) is 8.82. The van der Waals surface area contributed by atoms with Gasteiger partial charge in [0, 0.05) is 6.04 Å². The molecule has 0 saturated carbocycles. The van der Waals surface area contributed by atoms with Crippen LogP contribution in [0.1, 0.15) is 29.2 Å². The van der Waals surface area contributed by atoms with Crippen LogP contribution in [0.2, 0.25) is 0 Å². The quantitative estimate of drug-likeness (QED) is 0.704. The van der Waals surface area contributed by atoms with Crippen molar-refractivity contribution in [1.82, 2.24) is 0 Å². The molecule has 1 aromatic rings. The Morgan fingerprint density at radius 1 is 1.47 bits per heavy atom. The van der Waals surface area contributed by atoms with E-state index in [2.05, 4.69) is 0 Å². The van der Waals surface area contributed by atoms with Gasteiger partial charge in [-0.3, -0.25) is 4.79 Å². The predicted octanol–water partition coefficient (Wildman–Crippen LogP) is 1.48. The summed E-state index contributed by atoms with van der Waals surface area (Å²) in [6.07, 6.45) is -0.136. The molecule has 0 fully saturated rings. The lowest BCUT2D eigenvalue weighted by Gasteiger charge is -2.14. The van der Waals surface area contributed by atoms with Gasteiger partial charge in [0.05, 0.1) is 6.42 Å². The predicted molar refractivity (Wildman–Crippen MR) is 56.8 cm³/mol. The van der Waals surface area contributed by atoms with Crippen LogP contribution in [0.4, 0.5) is 0 Å². The fraction of sp³-hybridized carbons (Fsp3) is 0.364. The zero-order valence-electron chi connectivity index (χ0n) is 8.82. The van der Waals surface area contributed by atoms with Crippen molar-refractivity contribution >= 4 is 5.97 Å². The van der Waals surface area contributed by atoms with Gasteiger partial charge in [0.25, 0.3) is 0 Å². The van der Waals surface area contributed by atoms with Gasteiger partial charge in [-0.1, -0.05) is 12.1 Å². The van der Waals surface area contributed by atoms with E-state index in [1.54, 1.807) is 26.0 Å². The number of carbonyl (C=O) groups is 1. The molecular weight excluding hydrogens is 194 g/mol. The van der Waals surface area contributed by atoms with Crippen molar-refractivity contribution in [2.75, 3.05) is 0 Å². The second-order valence-electron chi connectivity index (χ2n) is 3.65. The summed E-state index contributed by atoms with van der Waals surface area (Å²) in [4.78, 5) is 10.5. The van der Waals surface area contributed by atoms with Gasteiger partial charge in [0.1, 0.15) is 5.75 Å². The van der Waals surface area contributed by atoms with Gasteiger partial charge < -0.3 is 15.9 Å². The fourth-order valence-corrected chi connectivity index (χ4v) is 1.55. The second-order valence-corrected chi connectivity index (χ2v) is 3.65. The average Bonchev–Trinajstić information content (AvgIpc) is 2.13. The number of aromatic hydroxyl groups is 1. The highest BCUT2D eigenvalue weighted by atomic mass is 16.4. The molecule has 0 heterocycles. The topological polar surface area (TPSA) is 83.6 Å². The summed E-state index contributed by atoms with van der Waals surface area (Å²) >= 11 is 0. The van der Waals surface area contributed by atoms with Gasteiger partial charge in [-0.15, -0.1) is 0 Å². The van der Waals surface area contributed by atoms with Crippen molar-refractivity contribution in [3.05, 3.63) is 28.8 Å². The summed E-state index contributed by atoms with van der Waals surface area (Å²) in [5.74, 6) is -0.754. The highest BCUT2D eigenvalue weighted by Crippen LogP contribution is 2.28. The van der Waals surface area contributed by atoms with Crippen LogP contribution in [0.3, 0.4) is 0 Å². The minimum atomic E-state index is -0.943. The minimum Gasteiger partial charge on any atom is -0.507 e. The number of carboxylic acid groups (broad SMARTS) is 1. The zero-order chi connectivity index (χ0) is 11.6. The van der Waals surface area contributed by atoms with Crippen molar-refractivity contribution in [1.29, 1.82) is 0 Å². The SMILES string of the molecule is Cc1ccc(C(N)CC(=O)O)c(C)c1O. The highest BCUT2D eigenvalue weighted by molar-refractivity contribution is 5.68. The van der Waals surface area contributed by atoms with Crippen molar-refractivity contribution in [3.63, 3.8) is 0 Å². The number of phenolic OH excluding ortho intramolecular Hbond substituents is 1. The molecule has 1 aromatic carbocycles. The molecular formula is C11H15NO3. The molecule has 4 heteroatoms. The maximum Gasteiger partial charge on any atom is 0.305 e. The van der Waals surface area contributed by atoms with Crippen LogP contribution in [0.15, 0.2) is 12.1 Å². The van der Waals surface area contributed by atoms with Gasteiger partial charge >= 0.3 is 5.97 Å². The summed E-state index contributed by atoms with van der Waals surface area (Å²) in [7, 11) is 0. The van der Waals surface area contributed by atoms with Crippen molar-refractivity contribution < 1.29 is 15.0 Å². The van der Waals surface area contributed by atoms with Crippen LogP contribution in [0.25, 0.3) is 0 Å². The third-order valence-electron chi connectivity index (χ3n) is 2.47. The molecule has 4 nitrogen and oxygen atoms in total.